The van der Waals surface area contributed by atoms with E-state index >= 15 is 0 Å². The average Bonchev–Trinajstić information content (AvgIpc) is 2.56. The molecule has 1 aliphatic rings. The zero-order chi connectivity index (χ0) is 13.8. The maximum absolute atomic E-state index is 10.7. The van der Waals surface area contributed by atoms with Gasteiger partial charge in [-0.15, -0.1) is 0 Å². The molecule has 1 heterocycles. The number of ether oxygens (including phenoxy) is 1. The van der Waals surface area contributed by atoms with Gasteiger partial charge in [-0.2, -0.15) is 0 Å². The molecular formula is C17H17NO2. The third kappa shape index (κ3) is 2.73. The summed E-state index contributed by atoms with van der Waals surface area (Å²) >= 11 is 0. The molecule has 0 unspecified atom stereocenters. The van der Waals surface area contributed by atoms with E-state index in [1.807, 2.05) is 24.3 Å². The minimum Gasteiger partial charge on any atom is -0.378 e. The van der Waals surface area contributed by atoms with Crippen LogP contribution >= 0.6 is 0 Å². The number of nitrogens with zero attached hydrogens (tertiary/aromatic N) is 1. The summed E-state index contributed by atoms with van der Waals surface area (Å²) in [6, 6.07) is 16.2. The Labute approximate surface area is 118 Å². The molecule has 2 aromatic carbocycles. The van der Waals surface area contributed by atoms with E-state index in [2.05, 4.69) is 29.2 Å². The summed E-state index contributed by atoms with van der Waals surface area (Å²) < 4.78 is 5.37. The van der Waals surface area contributed by atoms with E-state index in [0.717, 1.165) is 38.2 Å². The molecular weight excluding hydrogens is 250 g/mol. The van der Waals surface area contributed by atoms with E-state index < -0.39 is 0 Å². The van der Waals surface area contributed by atoms with E-state index in [-0.39, 0.29) is 0 Å². The number of benzene rings is 2. The van der Waals surface area contributed by atoms with Crippen LogP contribution in [0, 0.1) is 0 Å². The molecule has 0 aliphatic carbocycles. The summed E-state index contributed by atoms with van der Waals surface area (Å²) in [5, 5.41) is 0. The normalized spacial score (nSPS) is 15.1. The van der Waals surface area contributed by atoms with Gasteiger partial charge in [0.1, 0.15) is 6.29 Å². The van der Waals surface area contributed by atoms with Crippen molar-refractivity contribution >= 4 is 12.0 Å². The summed E-state index contributed by atoms with van der Waals surface area (Å²) in [5.74, 6) is 0. The minimum absolute atomic E-state index is 0.707. The SMILES string of the molecule is O=Cc1ccc(-c2ccc(N3CCOCC3)cc2)cc1. The highest BCUT2D eigenvalue weighted by Gasteiger charge is 2.10. The van der Waals surface area contributed by atoms with Gasteiger partial charge in [0.15, 0.2) is 0 Å². The molecule has 1 aliphatic heterocycles. The van der Waals surface area contributed by atoms with E-state index in [1.165, 1.54) is 11.3 Å². The molecule has 20 heavy (non-hydrogen) atoms. The monoisotopic (exact) mass is 267 g/mol. The number of aldehydes is 1. The highest BCUT2D eigenvalue weighted by Crippen LogP contribution is 2.23. The molecule has 3 nitrogen and oxygen atoms in total. The van der Waals surface area contributed by atoms with Crippen LogP contribution in [0.5, 0.6) is 0 Å². The number of carbonyl (C=O) groups is 1. The van der Waals surface area contributed by atoms with Crippen LogP contribution in [0.4, 0.5) is 5.69 Å². The Bertz CT molecular complexity index is 569. The molecule has 0 saturated carbocycles. The van der Waals surface area contributed by atoms with Crippen LogP contribution in [0.15, 0.2) is 48.5 Å². The fraction of sp³-hybridized carbons (Fsp3) is 0.235. The molecule has 3 heteroatoms. The Morgan fingerprint density at radius 1 is 0.850 bits per heavy atom. The molecule has 0 radical (unpaired) electrons. The second-order valence-corrected chi connectivity index (χ2v) is 4.89. The molecule has 1 fully saturated rings. The van der Waals surface area contributed by atoms with Crippen molar-refractivity contribution in [1.82, 2.24) is 0 Å². The van der Waals surface area contributed by atoms with Gasteiger partial charge >= 0.3 is 0 Å². The van der Waals surface area contributed by atoms with Gasteiger partial charge in [-0.05, 0) is 23.3 Å². The number of hydrogen-bond acceptors (Lipinski definition) is 3. The molecule has 0 atom stereocenters. The standard InChI is InChI=1S/C17H17NO2/c19-13-14-1-3-15(4-2-14)16-5-7-17(8-6-16)18-9-11-20-12-10-18/h1-8,13H,9-12H2. The van der Waals surface area contributed by atoms with Crippen LogP contribution in [-0.4, -0.2) is 32.6 Å². The van der Waals surface area contributed by atoms with Crippen molar-refractivity contribution in [2.24, 2.45) is 0 Å². The summed E-state index contributed by atoms with van der Waals surface area (Å²) in [6.07, 6.45) is 0.866. The van der Waals surface area contributed by atoms with Crippen LogP contribution in [-0.2, 0) is 4.74 Å². The molecule has 1 saturated heterocycles. The largest absolute Gasteiger partial charge is 0.378 e. The molecule has 0 spiro atoms. The van der Waals surface area contributed by atoms with Crippen LogP contribution in [0.25, 0.3) is 11.1 Å². The molecule has 2 aromatic rings. The first kappa shape index (κ1) is 12.9. The number of hydrogen-bond donors (Lipinski definition) is 0. The second kappa shape index (κ2) is 5.88. The van der Waals surface area contributed by atoms with Crippen molar-refractivity contribution in [3.05, 3.63) is 54.1 Å². The van der Waals surface area contributed by atoms with Gasteiger partial charge in [-0.1, -0.05) is 36.4 Å². The van der Waals surface area contributed by atoms with Crippen LogP contribution in [0.3, 0.4) is 0 Å². The fourth-order valence-corrected chi connectivity index (χ4v) is 2.44. The Kier molecular flexibility index (Phi) is 3.79. The third-order valence-electron chi connectivity index (χ3n) is 3.62. The van der Waals surface area contributed by atoms with Crippen molar-refractivity contribution in [2.75, 3.05) is 31.2 Å². The Balaban J connectivity index is 1.79. The van der Waals surface area contributed by atoms with Gasteiger partial charge in [0.05, 0.1) is 13.2 Å². The lowest BCUT2D eigenvalue weighted by molar-refractivity contribution is 0.112. The lowest BCUT2D eigenvalue weighted by Crippen LogP contribution is -2.36. The zero-order valence-corrected chi connectivity index (χ0v) is 11.3. The summed E-state index contributed by atoms with van der Waals surface area (Å²) in [4.78, 5) is 13.0. The zero-order valence-electron chi connectivity index (χ0n) is 11.3. The van der Waals surface area contributed by atoms with Gasteiger partial charge in [0, 0.05) is 24.3 Å². The van der Waals surface area contributed by atoms with Crippen molar-refractivity contribution < 1.29 is 9.53 Å². The van der Waals surface area contributed by atoms with Gasteiger partial charge < -0.3 is 9.64 Å². The summed E-state index contributed by atoms with van der Waals surface area (Å²) in [5.41, 5.74) is 4.24. The minimum atomic E-state index is 0.707. The van der Waals surface area contributed by atoms with Crippen molar-refractivity contribution in [3.63, 3.8) is 0 Å². The third-order valence-corrected chi connectivity index (χ3v) is 3.62. The van der Waals surface area contributed by atoms with Crippen molar-refractivity contribution in [2.45, 2.75) is 0 Å². The lowest BCUT2D eigenvalue weighted by atomic mass is 10.0. The number of rotatable bonds is 3. The van der Waals surface area contributed by atoms with E-state index in [4.69, 9.17) is 4.74 Å². The van der Waals surface area contributed by atoms with Crippen molar-refractivity contribution in [3.8, 4) is 11.1 Å². The Morgan fingerprint density at radius 2 is 1.40 bits per heavy atom. The van der Waals surface area contributed by atoms with E-state index in [9.17, 15) is 4.79 Å². The smallest absolute Gasteiger partial charge is 0.150 e. The average molecular weight is 267 g/mol. The maximum Gasteiger partial charge on any atom is 0.150 e. The molecule has 0 N–H and O–H groups in total. The van der Waals surface area contributed by atoms with Crippen LogP contribution in [0.2, 0.25) is 0 Å². The highest BCUT2D eigenvalue weighted by molar-refractivity contribution is 5.77. The van der Waals surface area contributed by atoms with Crippen LogP contribution in [0.1, 0.15) is 10.4 Å². The topological polar surface area (TPSA) is 29.5 Å². The van der Waals surface area contributed by atoms with Crippen LogP contribution < -0.4 is 4.90 Å². The molecule has 0 amide bonds. The summed E-state index contributed by atoms with van der Waals surface area (Å²) in [6.45, 7) is 3.50. The van der Waals surface area contributed by atoms with E-state index in [0.29, 0.717) is 5.56 Å². The maximum atomic E-state index is 10.7. The molecule has 102 valence electrons. The second-order valence-electron chi connectivity index (χ2n) is 4.89. The predicted octanol–water partition coefficient (Wildman–Crippen LogP) is 3.00. The lowest BCUT2D eigenvalue weighted by Gasteiger charge is -2.28. The van der Waals surface area contributed by atoms with Gasteiger partial charge in [0.2, 0.25) is 0 Å². The first-order valence-corrected chi connectivity index (χ1v) is 6.85. The Hall–Kier alpha value is -2.13. The fourth-order valence-electron chi connectivity index (χ4n) is 2.44. The number of morpholine rings is 1. The Morgan fingerprint density at radius 3 is 1.95 bits per heavy atom. The van der Waals surface area contributed by atoms with Crippen molar-refractivity contribution in [1.29, 1.82) is 0 Å². The summed E-state index contributed by atoms with van der Waals surface area (Å²) in [7, 11) is 0. The first-order valence-electron chi connectivity index (χ1n) is 6.85. The number of anilines is 1. The molecule has 0 bridgehead atoms. The van der Waals surface area contributed by atoms with Gasteiger partial charge in [-0.25, -0.2) is 0 Å². The highest BCUT2D eigenvalue weighted by atomic mass is 16.5. The van der Waals surface area contributed by atoms with Gasteiger partial charge in [-0.3, -0.25) is 4.79 Å². The molecule has 3 rings (SSSR count). The van der Waals surface area contributed by atoms with E-state index in [1.54, 1.807) is 0 Å². The first-order chi connectivity index (χ1) is 9.86. The van der Waals surface area contributed by atoms with Gasteiger partial charge in [0.25, 0.3) is 0 Å². The quantitative estimate of drug-likeness (QED) is 0.801. The molecule has 0 aromatic heterocycles. The number of carbonyl (C=O) groups excluding carboxylic acids is 1. The predicted molar refractivity (Wildman–Crippen MR) is 80.3 cm³/mol.